The first-order valence-corrected chi connectivity index (χ1v) is 26.2. The van der Waals surface area contributed by atoms with Crippen molar-refractivity contribution >= 4 is 53.0 Å². The van der Waals surface area contributed by atoms with Crippen LogP contribution in [-0.4, -0.2) is 239 Å². The number of likely N-dealkylation sites (tertiary alicyclic amines) is 1. The van der Waals surface area contributed by atoms with Gasteiger partial charge >= 0.3 is 0 Å². The van der Waals surface area contributed by atoms with Gasteiger partial charge in [0.05, 0.1) is 156 Å². The monoisotopic (exact) mass is 1080 g/mol. The Morgan fingerprint density at radius 2 is 1.16 bits per heavy atom. The van der Waals surface area contributed by atoms with Crippen molar-refractivity contribution in [1.82, 2.24) is 30.5 Å². The molecule has 0 aliphatic carbocycles. The van der Waals surface area contributed by atoms with E-state index in [1.807, 2.05) is 13.8 Å². The van der Waals surface area contributed by atoms with Gasteiger partial charge in [-0.3, -0.25) is 43.5 Å². The van der Waals surface area contributed by atoms with Gasteiger partial charge in [-0.15, -0.1) is 0 Å². The first-order chi connectivity index (χ1) is 37.1. The van der Waals surface area contributed by atoms with Gasteiger partial charge in [0.15, 0.2) is 0 Å². The molecule has 4 N–H and O–H groups in total. The van der Waals surface area contributed by atoms with Gasteiger partial charge in [-0.1, -0.05) is 6.92 Å². The van der Waals surface area contributed by atoms with Crippen LogP contribution in [0.3, 0.4) is 0 Å². The molecule has 4 heterocycles. The van der Waals surface area contributed by atoms with Crippen LogP contribution in [0.2, 0.25) is 0 Å². The standard InChI is InChI=1S/C51H80N8O17/c1-3-11-59(76-4-2)51(65)41-34-43-44(56-45(52)36-41)35-42(37-55-43)50(64)57-12-5-6-40(38-57)33-46(60)53-9-13-66-15-17-68-19-21-70-23-25-72-27-29-74-31-32-75-30-28-73-26-24-71-22-20-69-18-16-67-14-10-54-47(61)39-58-48(62)7-8-49(58)63/h7-8,34-35,37,40H,3-6,9-33,36,38-39H2,1-2H3,(H2,52,56)(H,53,60)(H,54,61)/t40-/m0/s1. The van der Waals surface area contributed by atoms with Gasteiger partial charge in [-0.25, -0.2) is 10.1 Å². The third-order valence-electron chi connectivity index (χ3n) is 11.3. The van der Waals surface area contributed by atoms with Crippen LogP contribution in [0.25, 0.3) is 6.08 Å². The second-order valence-electron chi connectivity index (χ2n) is 17.3. The summed E-state index contributed by atoms with van der Waals surface area (Å²) >= 11 is 0. The highest BCUT2D eigenvalue weighted by molar-refractivity contribution is 6.14. The Labute approximate surface area is 445 Å². The topological polar surface area (TPSA) is 289 Å². The van der Waals surface area contributed by atoms with Gasteiger partial charge in [-0.2, -0.15) is 0 Å². The number of hydrogen-bond donors (Lipinski definition) is 3. The van der Waals surface area contributed by atoms with E-state index in [1.54, 1.807) is 17.0 Å². The van der Waals surface area contributed by atoms with Crippen molar-refractivity contribution in [3.8, 4) is 0 Å². The van der Waals surface area contributed by atoms with E-state index in [4.69, 9.17) is 57.9 Å². The Bertz CT molecular complexity index is 1980. The number of amidine groups is 1. The molecule has 0 saturated carbocycles. The van der Waals surface area contributed by atoms with E-state index in [-0.39, 0.29) is 55.6 Å². The first-order valence-electron chi connectivity index (χ1n) is 26.2. The Kier molecular flexibility index (Phi) is 32.5. The van der Waals surface area contributed by atoms with Gasteiger partial charge in [0, 0.05) is 69.5 Å². The number of imide groups is 1. The number of carbonyl (C=O) groups is 6. The maximum absolute atomic E-state index is 13.6. The molecule has 0 aromatic carbocycles. The number of hydrogen-bond acceptors (Lipinski definition) is 20. The van der Waals surface area contributed by atoms with Crippen LogP contribution < -0.4 is 16.4 Å². The number of carbonyl (C=O) groups excluding carboxylic acids is 6. The minimum atomic E-state index is -0.500. The van der Waals surface area contributed by atoms with E-state index in [2.05, 4.69) is 20.6 Å². The molecule has 0 spiro atoms. The average molecular weight is 1080 g/mol. The number of nitrogens with zero attached hydrogens (tertiary/aromatic N) is 5. The number of aromatic nitrogens is 1. The van der Waals surface area contributed by atoms with Gasteiger partial charge in [0.2, 0.25) is 11.8 Å². The summed E-state index contributed by atoms with van der Waals surface area (Å²) in [7, 11) is 0. The molecular weight excluding hydrogens is 997 g/mol. The lowest BCUT2D eigenvalue weighted by Gasteiger charge is -2.32. The van der Waals surface area contributed by atoms with E-state index >= 15 is 0 Å². The molecule has 25 nitrogen and oxygen atoms in total. The minimum absolute atomic E-state index is 0.0142. The second-order valence-corrected chi connectivity index (χ2v) is 17.3. The van der Waals surface area contributed by atoms with Crippen molar-refractivity contribution in [3.63, 3.8) is 0 Å². The average Bonchev–Trinajstić information content (AvgIpc) is 3.61. The van der Waals surface area contributed by atoms with Gasteiger partial charge in [0.1, 0.15) is 12.4 Å². The maximum Gasteiger partial charge on any atom is 0.273 e. The van der Waals surface area contributed by atoms with Crippen LogP contribution in [0.15, 0.2) is 35.0 Å². The number of rotatable bonds is 43. The quantitative estimate of drug-likeness (QED) is 0.0459. The second kappa shape index (κ2) is 39.1. The number of fused-ring (bicyclic) bond motifs is 1. The normalized spacial score (nSPS) is 15.4. The van der Waals surface area contributed by atoms with Crippen LogP contribution in [-0.2, 0) is 76.2 Å². The Morgan fingerprint density at radius 1 is 0.684 bits per heavy atom. The number of ether oxygens (including phenoxy) is 10. The van der Waals surface area contributed by atoms with Crippen molar-refractivity contribution in [2.24, 2.45) is 16.6 Å². The Balaban J connectivity index is 0.853. The zero-order chi connectivity index (χ0) is 54.4. The van der Waals surface area contributed by atoms with E-state index in [9.17, 15) is 28.8 Å². The molecule has 1 saturated heterocycles. The molecule has 76 heavy (non-hydrogen) atoms. The largest absolute Gasteiger partial charge is 0.387 e. The van der Waals surface area contributed by atoms with Crippen molar-refractivity contribution in [1.29, 1.82) is 0 Å². The molecule has 3 aliphatic rings. The summed E-state index contributed by atoms with van der Waals surface area (Å²) in [6.45, 7) is 14.1. The summed E-state index contributed by atoms with van der Waals surface area (Å²) in [5, 5.41) is 6.83. The highest BCUT2D eigenvalue weighted by Gasteiger charge is 2.29. The van der Waals surface area contributed by atoms with Crippen molar-refractivity contribution in [3.05, 3.63) is 41.2 Å². The smallest absolute Gasteiger partial charge is 0.273 e. The molecule has 0 unspecified atom stereocenters. The van der Waals surface area contributed by atoms with Gasteiger partial charge in [0.25, 0.3) is 23.6 Å². The lowest BCUT2D eigenvalue weighted by Crippen LogP contribution is -2.41. The van der Waals surface area contributed by atoms with Gasteiger partial charge in [-0.05, 0) is 44.2 Å². The van der Waals surface area contributed by atoms with Crippen molar-refractivity contribution in [2.75, 3.05) is 178 Å². The highest BCUT2D eigenvalue weighted by Crippen LogP contribution is 2.28. The van der Waals surface area contributed by atoms with E-state index in [1.165, 1.54) is 11.3 Å². The van der Waals surface area contributed by atoms with Crippen LogP contribution in [0.4, 0.5) is 5.69 Å². The fourth-order valence-corrected chi connectivity index (χ4v) is 7.59. The Hall–Kier alpha value is -5.32. The molecule has 4 rings (SSSR count). The molecule has 1 aromatic heterocycles. The summed E-state index contributed by atoms with van der Waals surface area (Å²) < 4.78 is 55.0. The van der Waals surface area contributed by atoms with E-state index < -0.39 is 17.7 Å². The summed E-state index contributed by atoms with van der Waals surface area (Å²) in [5.41, 5.74) is 7.82. The lowest BCUT2D eigenvalue weighted by atomic mass is 9.94. The fourth-order valence-electron chi connectivity index (χ4n) is 7.59. The van der Waals surface area contributed by atoms with E-state index in [0.717, 1.165) is 36.3 Å². The molecule has 1 atom stereocenters. The van der Waals surface area contributed by atoms with E-state index in [0.29, 0.717) is 187 Å². The number of amides is 6. The van der Waals surface area contributed by atoms with Crippen LogP contribution >= 0.6 is 0 Å². The molecule has 3 aliphatic heterocycles. The minimum Gasteiger partial charge on any atom is -0.387 e. The third-order valence-corrected chi connectivity index (χ3v) is 11.3. The third kappa shape index (κ3) is 26.2. The summed E-state index contributed by atoms with van der Waals surface area (Å²) in [5.74, 6) is -1.78. The van der Waals surface area contributed by atoms with Gasteiger partial charge < -0.3 is 68.6 Å². The molecular formula is C51H80N8O17. The predicted molar refractivity (Wildman–Crippen MR) is 275 cm³/mol. The molecule has 426 valence electrons. The first kappa shape index (κ1) is 63.2. The SMILES string of the molecule is CCCN(OCC)C(=O)C1=Cc2ncc(C(=O)N3CCC[C@@H](CC(=O)NCCOCCOCCOCCOCCOCCOCCOCCOCCOCCOCCNC(=O)CN4C(=O)C=CC4=O)C3)cc2N=C(N)C1. The Morgan fingerprint density at radius 3 is 1.63 bits per heavy atom. The summed E-state index contributed by atoms with van der Waals surface area (Å²) in [6, 6.07) is 1.65. The van der Waals surface area contributed by atoms with Crippen molar-refractivity contribution in [2.45, 2.75) is 46.0 Å². The number of piperidine rings is 1. The zero-order valence-electron chi connectivity index (χ0n) is 44.3. The molecule has 1 fully saturated rings. The highest BCUT2D eigenvalue weighted by atomic mass is 16.7. The number of aliphatic imine (C=N–C) groups is 1. The van der Waals surface area contributed by atoms with Crippen LogP contribution in [0.5, 0.6) is 0 Å². The predicted octanol–water partition coefficient (Wildman–Crippen LogP) is 0.613. The molecule has 1 aromatic rings. The number of pyridine rings is 1. The number of nitrogens with one attached hydrogen (secondary N) is 2. The lowest BCUT2D eigenvalue weighted by molar-refractivity contribution is -0.180. The van der Waals surface area contributed by atoms with Crippen LogP contribution in [0.1, 0.15) is 62.0 Å². The van der Waals surface area contributed by atoms with Crippen LogP contribution in [0, 0.1) is 5.92 Å². The molecule has 0 bridgehead atoms. The zero-order valence-corrected chi connectivity index (χ0v) is 44.3. The fraction of sp³-hybridized carbons (Fsp3) is 0.686. The molecule has 6 amide bonds. The molecule has 0 radical (unpaired) electrons. The van der Waals surface area contributed by atoms with Crippen molar-refractivity contribution < 1.29 is 81.0 Å². The summed E-state index contributed by atoms with van der Waals surface area (Å²) in [6.07, 6.45) is 8.18. The number of nitrogens with two attached hydrogens (primary N) is 1. The summed E-state index contributed by atoms with van der Waals surface area (Å²) in [4.78, 5) is 91.4. The maximum atomic E-state index is 13.6. The number of hydroxylamine groups is 2. The molecule has 25 heteroatoms.